The number of amides is 2. The van der Waals surface area contributed by atoms with Crippen molar-refractivity contribution in [3.8, 4) is 0 Å². The first-order chi connectivity index (χ1) is 12.0. The van der Waals surface area contributed by atoms with E-state index in [1.807, 2.05) is 4.90 Å². The number of carbonyl (C=O) groups excluding carboxylic acids is 2. The Bertz CT molecular complexity index is 733. The van der Waals surface area contributed by atoms with E-state index in [0.29, 0.717) is 24.5 Å². The Labute approximate surface area is 145 Å². The fourth-order valence-corrected chi connectivity index (χ4v) is 3.08. The van der Waals surface area contributed by atoms with Crippen molar-refractivity contribution in [3.05, 3.63) is 35.4 Å². The molecule has 2 heterocycles. The first kappa shape index (κ1) is 17.0. The molecule has 2 saturated heterocycles. The monoisotopic (exact) mass is 346 g/mol. The van der Waals surface area contributed by atoms with Crippen LogP contribution in [0.4, 0.5) is 20.6 Å². The molecule has 1 aromatic carbocycles. The zero-order chi connectivity index (χ0) is 18.0. The molecule has 0 aliphatic carbocycles. The number of nitrogens with zero attached hydrogens (tertiary/aromatic N) is 3. The average molecular weight is 346 g/mol. The minimum Gasteiger partial charge on any atom is -0.442 e. The van der Waals surface area contributed by atoms with Crippen molar-refractivity contribution in [1.82, 2.24) is 5.32 Å². The van der Waals surface area contributed by atoms with Crippen molar-refractivity contribution >= 4 is 23.4 Å². The number of rotatable bonds is 4. The van der Waals surface area contributed by atoms with Crippen molar-refractivity contribution < 1.29 is 18.7 Å². The molecule has 8 heteroatoms. The van der Waals surface area contributed by atoms with Gasteiger partial charge in [-0.05, 0) is 18.2 Å². The molecule has 3 rings (SSSR count). The molecule has 1 N–H and O–H groups in total. The van der Waals surface area contributed by atoms with E-state index < -0.39 is 18.0 Å². The van der Waals surface area contributed by atoms with E-state index in [1.165, 1.54) is 17.9 Å². The molecular formula is C17H19FN4O3. The van der Waals surface area contributed by atoms with Gasteiger partial charge in [-0.25, -0.2) is 15.8 Å². The Morgan fingerprint density at radius 2 is 2.28 bits per heavy atom. The summed E-state index contributed by atoms with van der Waals surface area (Å²) in [5.41, 5.74) is 0.856. The maximum atomic E-state index is 14.5. The molecular weight excluding hydrogens is 327 g/mol. The molecule has 0 spiro atoms. The molecule has 0 saturated carbocycles. The van der Waals surface area contributed by atoms with Gasteiger partial charge in [0.15, 0.2) is 0 Å². The topological polar surface area (TPSA) is 66.2 Å². The van der Waals surface area contributed by atoms with Gasteiger partial charge in [-0.15, -0.1) is 0 Å². The highest BCUT2D eigenvalue weighted by Gasteiger charge is 2.33. The van der Waals surface area contributed by atoms with Crippen molar-refractivity contribution in [2.24, 2.45) is 0 Å². The summed E-state index contributed by atoms with van der Waals surface area (Å²) in [5.74, 6) is -0.630. The zero-order valence-electron chi connectivity index (χ0n) is 13.9. The van der Waals surface area contributed by atoms with E-state index in [1.54, 1.807) is 12.1 Å². The van der Waals surface area contributed by atoms with Gasteiger partial charge in [-0.3, -0.25) is 9.69 Å². The van der Waals surface area contributed by atoms with Crippen LogP contribution in [0.5, 0.6) is 0 Å². The number of hydrogen-bond acceptors (Lipinski definition) is 4. The van der Waals surface area contributed by atoms with Gasteiger partial charge in [-0.1, -0.05) is 0 Å². The van der Waals surface area contributed by atoms with E-state index in [4.69, 9.17) is 11.3 Å². The third kappa shape index (κ3) is 3.65. The number of carbonyl (C=O) groups is 2. The van der Waals surface area contributed by atoms with Crippen molar-refractivity contribution in [1.29, 1.82) is 0 Å². The molecule has 2 fully saturated rings. The highest BCUT2D eigenvalue weighted by atomic mass is 19.1. The van der Waals surface area contributed by atoms with E-state index in [2.05, 4.69) is 10.2 Å². The van der Waals surface area contributed by atoms with Crippen LogP contribution < -0.4 is 15.1 Å². The van der Waals surface area contributed by atoms with Crippen LogP contribution in [-0.4, -0.2) is 50.3 Å². The van der Waals surface area contributed by atoms with Crippen LogP contribution in [0.1, 0.15) is 13.3 Å². The number of halogens is 1. The van der Waals surface area contributed by atoms with E-state index >= 15 is 0 Å². The van der Waals surface area contributed by atoms with Crippen LogP contribution >= 0.6 is 0 Å². The molecule has 1 aromatic rings. The summed E-state index contributed by atoms with van der Waals surface area (Å²) in [6.45, 7) is 10.1. The third-order valence-electron chi connectivity index (χ3n) is 4.38. The second-order valence-electron chi connectivity index (χ2n) is 6.21. The summed E-state index contributed by atoms with van der Waals surface area (Å²) in [6.07, 6.45) is -0.289. The number of cyclic esters (lactones) is 1. The van der Waals surface area contributed by atoms with Gasteiger partial charge >= 0.3 is 6.09 Å². The van der Waals surface area contributed by atoms with Crippen LogP contribution in [0.2, 0.25) is 0 Å². The summed E-state index contributed by atoms with van der Waals surface area (Å²) in [6, 6.07) is 4.52. The Morgan fingerprint density at radius 1 is 1.48 bits per heavy atom. The van der Waals surface area contributed by atoms with Gasteiger partial charge < -0.3 is 19.8 Å². The first-order valence-corrected chi connectivity index (χ1v) is 8.11. The largest absolute Gasteiger partial charge is 0.442 e. The molecule has 25 heavy (non-hydrogen) atoms. The summed E-state index contributed by atoms with van der Waals surface area (Å²) in [5, 5.41) is 2.60. The van der Waals surface area contributed by atoms with Crippen LogP contribution in [0.3, 0.4) is 0 Å². The predicted molar refractivity (Wildman–Crippen MR) is 89.9 cm³/mol. The third-order valence-corrected chi connectivity index (χ3v) is 4.38. The summed E-state index contributed by atoms with van der Waals surface area (Å²) in [7, 11) is 0. The number of benzene rings is 1. The summed E-state index contributed by atoms with van der Waals surface area (Å²) >= 11 is 0. The van der Waals surface area contributed by atoms with Crippen molar-refractivity contribution in [3.63, 3.8) is 0 Å². The second kappa shape index (κ2) is 6.97. The van der Waals surface area contributed by atoms with Gasteiger partial charge in [-0.2, -0.15) is 0 Å². The second-order valence-corrected chi connectivity index (χ2v) is 6.21. The number of nitrogens with one attached hydrogen (secondary N) is 1. The highest BCUT2D eigenvalue weighted by molar-refractivity contribution is 5.90. The molecule has 2 aliphatic heterocycles. The minimum absolute atomic E-state index is 0.0952. The predicted octanol–water partition coefficient (Wildman–Crippen LogP) is 1.78. The van der Waals surface area contributed by atoms with E-state index in [0.717, 1.165) is 6.42 Å². The molecule has 2 amide bonds. The molecule has 0 radical (unpaired) electrons. The maximum absolute atomic E-state index is 14.5. The van der Waals surface area contributed by atoms with Gasteiger partial charge in [0.25, 0.3) is 0 Å². The molecule has 132 valence electrons. The van der Waals surface area contributed by atoms with Gasteiger partial charge in [0.2, 0.25) is 11.9 Å². The van der Waals surface area contributed by atoms with E-state index in [-0.39, 0.29) is 25.0 Å². The lowest BCUT2D eigenvalue weighted by Crippen LogP contribution is -2.33. The first-order valence-electron chi connectivity index (χ1n) is 8.11. The molecule has 2 aliphatic rings. The SMILES string of the molecule is [C-]#[N+]C1CCN(c2ccc(N3C[C@H](CNC(C)=O)OC3=O)cc2F)C1. The summed E-state index contributed by atoms with van der Waals surface area (Å²) in [4.78, 5) is 29.6. The molecule has 7 nitrogen and oxygen atoms in total. The fourth-order valence-electron chi connectivity index (χ4n) is 3.08. The van der Waals surface area contributed by atoms with Crippen LogP contribution in [0.25, 0.3) is 4.85 Å². The highest BCUT2D eigenvalue weighted by Crippen LogP contribution is 2.30. The average Bonchev–Trinajstić information content (AvgIpc) is 3.19. The molecule has 0 bridgehead atoms. The Balaban J connectivity index is 1.69. The van der Waals surface area contributed by atoms with Gasteiger partial charge in [0.1, 0.15) is 11.9 Å². The fraction of sp³-hybridized carbons (Fsp3) is 0.471. The smallest absolute Gasteiger partial charge is 0.414 e. The number of hydrogen-bond donors (Lipinski definition) is 1. The lowest BCUT2D eigenvalue weighted by molar-refractivity contribution is -0.119. The number of anilines is 2. The van der Waals surface area contributed by atoms with Crippen LogP contribution in [0.15, 0.2) is 18.2 Å². The van der Waals surface area contributed by atoms with Gasteiger partial charge in [0, 0.05) is 19.9 Å². The van der Waals surface area contributed by atoms with Crippen LogP contribution in [0, 0.1) is 12.4 Å². The zero-order valence-corrected chi connectivity index (χ0v) is 13.9. The van der Waals surface area contributed by atoms with E-state index in [9.17, 15) is 14.0 Å². The van der Waals surface area contributed by atoms with Crippen molar-refractivity contribution in [2.45, 2.75) is 25.5 Å². The Kier molecular flexibility index (Phi) is 4.74. The maximum Gasteiger partial charge on any atom is 0.414 e. The molecule has 1 unspecified atom stereocenters. The standard InChI is InChI=1S/C17H19FN4O3/c1-11(23)20-8-14-10-22(17(24)25-14)13-3-4-16(15(18)7-13)21-6-5-12(9-21)19-2/h3-4,7,12,14H,5-6,8-10H2,1H3,(H,20,23)/t12?,14-/m0/s1. The molecule has 2 atom stereocenters. The summed E-state index contributed by atoms with van der Waals surface area (Å²) < 4.78 is 19.7. The Hall–Kier alpha value is -2.82. The van der Waals surface area contributed by atoms with Crippen molar-refractivity contribution in [2.75, 3.05) is 36.0 Å². The lowest BCUT2D eigenvalue weighted by Gasteiger charge is -2.20. The molecule has 0 aromatic heterocycles. The quantitative estimate of drug-likeness (QED) is 0.844. The lowest BCUT2D eigenvalue weighted by atomic mass is 10.2. The number of ether oxygens (including phenoxy) is 1. The Morgan fingerprint density at radius 3 is 2.92 bits per heavy atom. The normalized spacial score (nSPS) is 22.7. The van der Waals surface area contributed by atoms with Gasteiger partial charge in [0.05, 0.1) is 31.0 Å². The minimum atomic E-state index is -0.559. The van der Waals surface area contributed by atoms with Crippen LogP contribution in [-0.2, 0) is 9.53 Å².